The zero-order chi connectivity index (χ0) is 9.90. The predicted octanol–water partition coefficient (Wildman–Crippen LogP) is 4.26. The highest BCUT2D eigenvalue weighted by molar-refractivity contribution is 5.15. The van der Waals surface area contributed by atoms with Crippen LogP contribution in [0.5, 0.6) is 0 Å². The third kappa shape index (κ3) is 2.55. The van der Waals surface area contributed by atoms with Gasteiger partial charge in [-0.15, -0.1) is 0 Å². The molecule has 0 saturated heterocycles. The minimum atomic E-state index is -0.609. The van der Waals surface area contributed by atoms with Gasteiger partial charge in [0.2, 0.25) is 0 Å². The SMILES string of the molecule is CC[C@@H](F)C[C@]1(CC)C=C(C)CC1. The molecule has 1 heteroatoms. The van der Waals surface area contributed by atoms with Crippen molar-refractivity contribution in [3.8, 4) is 0 Å². The molecule has 0 aliphatic heterocycles. The topological polar surface area (TPSA) is 0 Å². The van der Waals surface area contributed by atoms with Crippen LogP contribution in [0.25, 0.3) is 0 Å². The molecule has 0 amide bonds. The Morgan fingerprint density at radius 3 is 2.62 bits per heavy atom. The molecule has 0 heterocycles. The highest BCUT2D eigenvalue weighted by Gasteiger charge is 2.32. The quantitative estimate of drug-likeness (QED) is 0.573. The summed E-state index contributed by atoms with van der Waals surface area (Å²) in [7, 11) is 0. The van der Waals surface area contributed by atoms with Gasteiger partial charge in [0, 0.05) is 0 Å². The van der Waals surface area contributed by atoms with Crippen LogP contribution in [-0.2, 0) is 0 Å². The maximum absolute atomic E-state index is 13.3. The van der Waals surface area contributed by atoms with Crippen molar-refractivity contribution >= 4 is 0 Å². The highest BCUT2D eigenvalue weighted by Crippen LogP contribution is 2.43. The van der Waals surface area contributed by atoms with Crippen LogP contribution in [0.4, 0.5) is 4.39 Å². The van der Waals surface area contributed by atoms with Crippen LogP contribution in [-0.4, -0.2) is 6.17 Å². The second-order valence-electron chi connectivity index (χ2n) is 4.42. The number of hydrogen-bond donors (Lipinski definition) is 0. The van der Waals surface area contributed by atoms with E-state index in [0.717, 1.165) is 19.3 Å². The number of halogens is 1. The summed E-state index contributed by atoms with van der Waals surface area (Å²) in [5.74, 6) is 0. The molecule has 1 aliphatic rings. The van der Waals surface area contributed by atoms with Gasteiger partial charge < -0.3 is 0 Å². The summed E-state index contributed by atoms with van der Waals surface area (Å²) in [5.41, 5.74) is 1.64. The Morgan fingerprint density at radius 1 is 1.54 bits per heavy atom. The Kier molecular flexibility index (Phi) is 3.52. The van der Waals surface area contributed by atoms with Crippen molar-refractivity contribution in [2.24, 2.45) is 5.41 Å². The van der Waals surface area contributed by atoms with Crippen LogP contribution in [0.3, 0.4) is 0 Å². The summed E-state index contributed by atoms with van der Waals surface area (Å²) >= 11 is 0. The molecule has 0 saturated carbocycles. The van der Waals surface area contributed by atoms with Crippen LogP contribution in [0.15, 0.2) is 11.6 Å². The summed E-state index contributed by atoms with van der Waals surface area (Å²) in [5, 5.41) is 0. The molecule has 0 N–H and O–H groups in total. The molecule has 0 fully saturated rings. The molecule has 0 aromatic heterocycles. The molecule has 0 unspecified atom stereocenters. The summed E-state index contributed by atoms with van der Waals surface area (Å²) < 4.78 is 13.3. The molecule has 0 aromatic rings. The second kappa shape index (κ2) is 4.26. The first-order valence-corrected chi connectivity index (χ1v) is 5.44. The summed E-state index contributed by atoms with van der Waals surface area (Å²) in [6, 6.07) is 0. The van der Waals surface area contributed by atoms with Crippen LogP contribution in [0, 0.1) is 5.41 Å². The lowest BCUT2D eigenvalue weighted by Crippen LogP contribution is -2.19. The smallest absolute Gasteiger partial charge is 0.101 e. The highest BCUT2D eigenvalue weighted by atomic mass is 19.1. The van der Waals surface area contributed by atoms with Gasteiger partial charge in [-0.2, -0.15) is 0 Å². The molecule has 2 atom stereocenters. The standard InChI is InChI=1S/C12H21F/c1-4-11(13)9-12(5-2)7-6-10(3)8-12/h8,11H,4-7,9H2,1-3H3/t11-,12+/m1/s1. The van der Waals surface area contributed by atoms with Crippen molar-refractivity contribution in [1.29, 1.82) is 0 Å². The van der Waals surface area contributed by atoms with E-state index in [0.29, 0.717) is 6.42 Å². The fourth-order valence-electron chi connectivity index (χ4n) is 2.28. The van der Waals surface area contributed by atoms with E-state index in [1.54, 1.807) is 0 Å². The van der Waals surface area contributed by atoms with Crippen molar-refractivity contribution in [2.75, 3.05) is 0 Å². The van der Waals surface area contributed by atoms with Gasteiger partial charge in [-0.3, -0.25) is 0 Å². The normalized spacial score (nSPS) is 30.3. The Bertz CT molecular complexity index is 195. The van der Waals surface area contributed by atoms with Gasteiger partial charge in [-0.05, 0) is 44.4 Å². The number of hydrogen-bond acceptors (Lipinski definition) is 0. The molecule has 0 spiro atoms. The summed E-state index contributed by atoms with van der Waals surface area (Å²) in [6.45, 7) is 6.27. The lowest BCUT2D eigenvalue weighted by molar-refractivity contribution is 0.205. The van der Waals surface area contributed by atoms with Crippen molar-refractivity contribution in [3.63, 3.8) is 0 Å². The first-order valence-electron chi connectivity index (χ1n) is 5.44. The van der Waals surface area contributed by atoms with Crippen LogP contribution < -0.4 is 0 Å². The Balaban J connectivity index is 2.61. The molecular formula is C12H21F. The van der Waals surface area contributed by atoms with Gasteiger partial charge in [0.1, 0.15) is 6.17 Å². The van der Waals surface area contributed by atoms with Crippen LogP contribution in [0.1, 0.15) is 52.9 Å². The van der Waals surface area contributed by atoms with E-state index in [4.69, 9.17) is 0 Å². The molecule has 13 heavy (non-hydrogen) atoms. The lowest BCUT2D eigenvalue weighted by Gasteiger charge is -2.27. The summed E-state index contributed by atoms with van der Waals surface area (Å²) in [4.78, 5) is 0. The van der Waals surface area contributed by atoms with Crippen molar-refractivity contribution in [1.82, 2.24) is 0 Å². The van der Waals surface area contributed by atoms with Crippen molar-refractivity contribution < 1.29 is 4.39 Å². The molecule has 0 aromatic carbocycles. The number of allylic oxidation sites excluding steroid dienone is 2. The second-order valence-corrected chi connectivity index (χ2v) is 4.42. The predicted molar refractivity (Wildman–Crippen MR) is 55.5 cm³/mol. The van der Waals surface area contributed by atoms with Gasteiger partial charge in [0.15, 0.2) is 0 Å². The Hall–Kier alpha value is -0.330. The van der Waals surface area contributed by atoms with Gasteiger partial charge in [0.05, 0.1) is 0 Å². The van der Waals surface area contributed by atoms with E-state index in [1.807, 2.05) is 6.92 Å². The minimum absolute atomic E-state index is 0.194. The monoisotopic (exact) mass is 184 g/mol. The van der Waals surface area contributed by atoms with Crippen LogP contribution in [0.2, 0.25) is 0 Å². The number of alkyl halides is 1. The van der Waals surface area contributed by atoms with E-state index in [2.05, 4.69) is 19.9 Å². The van der Waals surface area contributed by atoms with E-state index in [9.17, 15) is 4.39 Å². The van der Waals surface area contributed by atoms with E-state index >= 15 is 0 Å². The average Bonchev–Trinajstić information content (AvgIpc) is 2.48. The van der Waals surface area contributed by atoms with Gasteiger partial charge >= 0.3 is 0 Å². The average molecular weight is 184 g/mol. The van der Waals surface area contributed by atoms with Crippen molar-refractivity contribution in [3.05, 3.63) is 11.6 Å². The van der Waals surface area contributed by atoms with Gasteiger partial charge in [-0.1, -0.05) is 25.5 Å². The van der Waals surface area contributed by atoms with Crippen molar-refractivity contribution in [2.45, 2.75) is 59.0 Å². The van der Waals surface area contributed by atoms with E-state index in [-0.39, 0.29) is 5.41 Å². The largest absolute Gasteiger partial charge is 0.247 e. The maximum atomic E-state index is 13.3. The molecule has 76 valence electrons. The third-order valence-electron chi connectivity index (χ3n) is 3.34. The number of rotatable bonds is 4. The van der Waals surface area contributed by atoms with Gasteiger partial charge in [-0.25, -0.2) is 4.39 Å². The fraction of sp³-hybridized carbons (Fsp3) is 0.833. The lowest BCUT2D eigenvalue weighted by atomic mass is 9.79. The molecular weight excluding hydrogens is 163 g/mol. The third-order valence-corrected chi connectivity index (χ3v) is 3.34. The molecule has 0 nitrogen and oxygen atoms in total. The molecule has 0 bridgehead atoms. The zero-order valence-electron chi connectivity index (χ0n) is 9.07. The molecule has 1 rings (SSSR count). The molecule has 0 radical (unpaired) electrons. The zero-order valence-corrected chi connectivity index (χ0v) is 9.07. The van der Waals surface area contributed by atoms with E-state index in [1.165, 1.54) is 12.0 Å². The maximum Gasteiger partial charge on any atom is 0.101 e. The van der Waals surface area contributed by atoms with Crippen LogP contribution >= 0.6 is 0 Å². The van der Waals surface area contributed by atoms with E-state index < -0.39 is 6.17 Å². The van der Waals surface area contributed by atoms with Gasteiger partial charge in [0.25, 0.3) is 0 Å². The minimum Gasteiger partial charge on any atom is -0.247 e. The first-order chi connectivity index (χ1) is 6.12. The fourth-order valence-corrected chi connectivity index (χ4v) is 2.28. The first kappa shape index (κ1) is 10.7. The molecule has 1 aliphatic carbocycles. The Labute approximate surface area is 81.2 Å². The Morgan fingerprint density at radius 2 is 2.23 bits per heavy atom. The summed E-state index contributed by atoms with van der Waals surface area (Å²) in [6.07, 6.45) is 6.52.